The molecule has 1 nitrogen and oxygen atoms in total. The van der Waals surface area contributed by atoms with E-state index in [1.165, 1.54) is 6.42 Å². The Morgan fingerprint density at radius 3 is 2.40 bits per heavy atom. The summed E-state index contributed by atoms with van der Waals surface area (Å²) in [4.78, 5) is 0. The van der Waals surface area contributed by atoms with Gasteiger partial charge in [-0.25, -0.2) is 0 Å². The average molecular weight is 207 g/mol. The van der Waals surface area contributed by atoms with Gasteiger partial charge in [-0.3, -0.25) is 0 Å². The second-order valence-electron chi connectivity index (χ2n) is 3.58. The molecule has 1 aliphatic heterocycles. The first kappa shape index (κ1) is 8.54. The number of halogens is 1. The highest BCUT2D eigenvalue weighted by molar-refractivity contribution is 9.09. The first-order valence-electron chi connectivity index (χ1n) is 3.80. The average Bonchev–Trinajstić information content (AvgIpc) is 2.09. The zero-order valence-corrected chi connectivity index (χ0v) is 8.44. The predicted molar refractivity (Wildman–Crippen MR) is 46.5 cm³/mol. The molecule has 0 aliphatic carbocycles. The molecule has 0 aromatic heterocycles. The minimum absolute atomic E-state index is 0.361. The van der Waals surface area contributed by atoms with Crippen molar-refractivity contribution < 1.29 is 4.74 Å². The van der Waals surface area contributed by atoms with E-state index in [1.807, 2.05) is 0 Å². The second-order valence-corrected chi connectivity index (χ2v) is 4.14. The van der Waals surface area contributed by atoms with Gasteiger partial charge in [0.1, 0.15) is 0 Å². The Labute approximate surface area is 71.3 Å². The van der Waals surface area contributed by atoms with Crippen molar-refractivity contribution in [1.82, 2.24) is 0 Å². The van der Waals surface area contributed by atoms with Gasteiger partial charge < -0.3 is 4.74 Å². The Kier molecular flexibility index (Phi) is 2.41. The van der Waals surface area contributed by atoms with E-state index in [0.29, 0.717) is 17.6 Å². The molecular formula is C8H15BrO. The maximum Gasteiger partial charge on any atom is 0.0613 e. The van der Waals surface area contributed by atoms with Crippen LogP contribution in [0, 0.1) is 5.41 Å². The Morgan fingerprint density at radius 1 is 1.60 bits per heavy atom. The minimum atomic E-state index is 0.361. The molecule has 60 valence electrons. The van der Waals surface area contributed by atoms with Crippen molar-refractivity contribution >= 4 is 15.9 Å². The van der Waals surface area contributed by atoms with Crippen LogP contribution in [-0.4, -0.2) is 17.5 Å². The van der Waals surface area contributed by atoms with Gasteiger partial charge in [-0.2, -0.15) is 0 Å². The lowest BCUT2D eigenvalue weighted by Crippen LogP contribution is -2.26. The van der Waals surface area contributed by atoms with Crippen molar-refractivity contribution in [2.75, 3.05) is 5.33 Å². The highest BCUT2D eigenvalue weighted by atomic mass is 79.9. The molecule has 3 unspecified atom stereocenters. The Bertz CT molecular complexity index is 126. The van der Waals surface area contributed by atoms with E-state index in [0.717, 1.165) is 5.33 Å². The van der Waals surface area contributed by atoms with Crippen LogP contribution < -0.4 is 0 Å². The molecule has 1 fully saturated rings. The SMILES string of the molecule is CC1CC(C)(CBr)C(C)O1. The third kappa shape index (κ3) is 1.37. The lowest BCUT2D eigenvalue weighted by Gasteiger charge is -2.23. The van der Waals surface area contributed by atoms with Gasteiger partial charge in [0.25, 0.3) is 0 Å². The molecule has 3 atom stereocenters. The van der Waals surface area contributed by atoms with Crippen LogP contribution in [0.15, 0.2) is 0 Å². The van der Waals surface area contributed by atoms with E-state index >= 15 is 0 Å². The van der Waals surface area contributed by atoms with Crippen molar-refractivity contribution in [2.24, 2.45) is 5.41 Å². The topological polar surface area (TPSA) is 9.23 Å². The molecule has 1 heterocycles. The van der Waals surface area contributed by atoms with Crippen molar-refractivity contribution in [3.05, 3.63) is 0 Å². The largest absolute Gasteiger partial charge is 0.375 e. The van der Waals surface area contributed by atoms with Crippen molar-refractivity contribution in [3.8, 4) is 0 Å². The first-order chi connectivity index (χ1) is 4.58. The predicted octanol–water partition coefficient (Wildman–Crippen LogP) is 2.58. The van der Waals surface area contributed by atoms with Crippen LogP contribution >= 0.6 is 15.9 Å². The highest BCUT2D eigenvalue weighted by Gasteiger charge is 2.39. The molecule has 0 aromatic rings. The van der Waals surface area contributed by atoms with Crippen LogP contribution in [0.4, 0.5) is 0 Å². The number of hydrogen-bond donors (Lipinski definition) is 0. The number of alkyl halides is 1. The quantitative estimate of drug-likeness (QED) is 0.600. The molecule has 0 aromatic carbocycles. The number of rotatable bonds is 1. The fourth-order valence-electron chi connectivity index (χ4n) is 1.55. The standard InChI is InChI=1S/C8H15BrO/c1-6-4-8(3,5-9)7(2)10-6/h6-7H,4-5H2,1-3H3. The minimum Gasteiger partial charge on any atom is -0.375 e. The first-order valence-corrected chi connectivity index (χ1v) is 4.92. The van der Waals surface area contributed by atoms with Crippen LogP contribution in [0.25, 0.3) is 0 Å². The van der Waals surface area contributed by atoms with Gasteiger partial charge >= 0.3 is 0 Å². The molecule has 0 radical (unpaired) electrons. The molecule has 1 aliphatic rings. The van der Waals surface area contributed by atoms with Gasteiger partial charge in [0.2, 0.25) is 0 Å². The molecule has 2 heteroatoms. The monoisotopic (exact) mass is 206 g/mol. The normalized spacial score (nSPS) is 48.0. The summed E-state index contributed by atoms with van der Waals surface area (Å²) in [5.74, 6) is 0. The third-order valence-electron chi connectivity index (χ3n) is 2.48. The summed E-state index contributed by atoms with van der Waals surface area (Å²) in [5.41, 5.74) is 0.361. The van der Waals surface area contributed by atoms with Gasteiger partial charge in [-0.1, -0.05) is 22.9 Å². The molecule has 10 heavy (non-hydrogen) atoms. The van der Waals surface area contributed by atoms with Gasteiger partial charge in [0.15, 0.2) is 0 Å². The summed E-state index contributed by atoms with van der Waals surface area (Å²) in [6.07, 6.45) is 2.03. The molecule has 1 saturated heterocycles. The van der Waals surface area contributed by atoms with Crippen molar-refractivity contribution in [1.29, 1.82) is 0 Å². The van der Waals surface area contributed by atoms with E-state index in [4.69, 9.17) is 4.74 Å². The number of hydrogen-bond acceptors (Lipinski definition) is 1. The lowest BCUT2D eigenvalue weighted by atomic mass is 9.85. The molecule has 0 N–H and O–H groups in total. The van der Waals surface area contributed by atoms with Gasteiger partial charge in [-0.05, 0) is 20.3 Å². The summed E-state index contributed by atoms with van der Waals surface area (Å²) in [7, 11) is 0. The molecule has 1 rings (SSSR count). The van der Waals surface area contributed by atoms with Crippen LogP contribution in [0.5, 0.6) is 0 Å². The molecule has 0 amide bonds. The summed E-state index contributed by atoms with van der Waals surface area (Å²) in [6, 6.07) is 0. The van der Waals surface area contributed by atoms with E-state index < -0.39 is 0 Å². The maximum absolute atomic E-state index is 5.64. The summed E-state index contributed by atoms with van der Waals surface area (Å²) in [5, 5.41) is 1.05. The Balaban J connectivity index is 2.61. The third-order valence-corrected chi connectivity index (χ3v) is 3.76. The van der Waals surface area contributed by atoms with Gasteiger partial charge in [0.05, 0.1) is 12.2 Å². The highest BCUT2D eigenvalue weighted by Crippen LogP contribution is 2.39. The molecule has 0 bridgehead atoms. The molecular weight excluding hydrogens is 192 g/mol. The van der Waals surface area contributed by atoms with Gasteiger partial charge in [-0.15, -0.1) is 0 Å². The lowest BCUT2D eigenvalue weighted by molar-refractivity contribution is 0.0420. The molecule has 0 spiro atoms. The van der Waals surface area contributed by atoms with E-state index in [1.54, 1.807) is 0 Å². The fraction of sp³-hybridized carbons (Fsp3) is 1.00. The fourth-order valence-corrected chi connectivity index (χ4v) is 2.23. The van der Waals surface area contributed by atoms with E-state index in [2.05, 4.69) is 36.7 Å². The zero-order chi connectivity index (χ0) is 7.78. The van der Waals surface area contributed by atoms with Crippen LogP contribution in [0.2, 0.25) is 0 Å². The van der Waals surface area contributed by atoms with Crippen LogP contribution in [-0.2, 0) is 4.74 Å². The van der Waals surface area contributed by atoms with Crippen molar-refractivity contribution in [3.63, 3.8) is 0 Å². The Hall–Kier alpha value is 0.440. The zero-order valence-electron chi connectivity index (χ0n) is 6.86. The molecule has 0 saturated carbocycles. The summed E-state index contributed by atoms with van der Waals surface area (Å²) in [6.45, 7) is 6.57. The Morgan fingerprint density at radius 2 is 2.20 bits per heavy atom. The maximum atomic E-state index is 5.64. The van der Waals surface area contributed by atoms with Crippen LogP contribution in [0.1, 0.15) is 27.2 Å². The second kappa shape index (κ2) is 2.82. The van der Waals surface area contributed by atoms with E-state index in [-0.39, 0.29) is 0 Å². The summed E-state index contributed by atoms with van der Waals surface area (Å²) >= 11 is 3.52. The summed E-state index contributed by atoms with van der Waals surface area (Å²) < 4.78 is 5.64. The smallest absolute Gasteiger partial charge is 0.0613 e. The van der Waals surface area contributed by atoms with Gasteiger partial charge in [0, 0.05) is 10.7 Å². The number of ether oxygens (including phenoxy) is 1. The van der Waals surface area contributed by atoms with Crippen LogP contribution in [0.3, 0.4) is 0 Å². The van der Waals surface area contributed by atoms with Crippen molar-refractivity contribution in [2.45, 2.75) is 39.4 Å². The van der Waals surface area contributed by atoms with E-state index in [9.17, 15) is 0 Å².